The van der Waals surface area contributed by atoms with Crippen LogP contribution in [0.3, 0.4) is 0 Å². The monoisotopic (exact) mass is 408 g/mol. The van der Waals surface area contributed by atoms with Gasteiger partial charge in [-0.05, 0) is 42.8 Å². The summed E-state index contributed by atoms with van der Waals surface area (Å²) in [7, 11) is 0. The van der Waals surface area contributed by atoms with Crippen LogP contribution in [0.25, 0.3) is 10.4 Å². The lowest BCUT2D eigenvalue weighted by Crippen LogP contribution is -2.37. The fourth-order valence-electron chi connectivity index (χ4n) is 4.70. The van der Waals surface area contributed by atoms with E-state index in [2.05, 4.69) is 16.0 Å². The van der Waals surface area contributed by atoms with E-state index in [0.717, 1.165) is 41.5 Å². The average molecular weight is 408 g/mol. The number of amides is 1. The molecule has 0 saturated carbocycles. The second kappa shape index (κ2) is 7.59. The molecule has 0 spiro atoms. The van der Waals surface area contributed by atoms with Gasteiger partial charge in [-0.1, -0.05) is 24.3 Å². The fraction of sp³-hybridized carbons (Fsp3) is 0.304. The Bertz CT molecular complexity index is 1010. The number of hydrogen-bond acceptors (Lipinski definition) is 4. The van der Waals surface area contributed by atoms with Gasteiger partial charge in [-0.15, -0.1) is 11.3 Å². The molecule has 2 aliphatic rings. The summed E-state index contributed by atoms with van der Waals surface area (Å²) in [6.45, 7) is 0.496. The third-order valence-electron chi connectivity index (χ3n) is 5.99. The number of thiophene rings is 1. The Morgan fingerprint density at radius 1 is 1.17 bits per heavy atom. The zero-order chi connectivity index (χ0) is 19.8. The quantitative estimate of drug-likeness (QED) is 0.595. The van der Waals surface area contributed by atoms with Crippen LogP contribution >= 0.6 is 11.3 Å². The van der Waals surface area contributed by atoms with Crippen molar-refractivity contribution in [3.8, 4) is 16.3 Å². The van der Waals surface area contributed by atoms with E-state index in [1.807, 2.05) is 35.7 Å². The van der Waals surface area contributed by atoms with E-state index in [4.69, 9.17) is 4.74 Å². The summed E-state index contributed by atoms with van der Waals surface area (Å²) in [5.41, 5.74) is 1.77. The van der Waals surface area contributed by atoms with Crippen LogP contribution in [0.2, 0.25) is 0 Å². The minimum absolute atomic E-state index is 0.115. The third-order valence-corrected chi connectivity index (χ3v) is 6.89. The summed E-state index contributed by atoms with van der Waals surface area (Å²) >= 11 is 1.65. The first-order valence-corrected chi connectivity index (χ1v) is 10.8. The normalized spacial score (nSPS) is 22.8. The standard InChI is InChI=1S/C23H21FN2O2S/c24-16-7-10-22(25-13-16)28-14-15-12-17-8-9-20(15)26(17)23(27)19-5-2-1-4-18(19)21-6-3-11-29-21/h1-7,10-11,13,15,17,20H,8-9,12,14H2/t15?,17-,20?/m0/s1. The molecule has 29 heavy (non-hydrogen) atoms. The zero-order valence-electron chi connectivity index (χ0n) is 15.8. The molecular formula is C23H21FN2O2S. The Labute approximate surface area is 173 Å². The smallest absolute Gasteiger partial charge is 0.255 e. The molecule has 1 aromatic carbocycles. The molecule has 2 aliphatic heterocycles. The van der Waals surface area contributed by atoms with Gasteiger partial charge in [0.25, 0.3) is 5.91 Å². The molecule has 6 heteroatoms. The number of carbonyl (C=O) groups is 1. The van der Waals surface area contributed by atoms with Crippen molar-refractivity contribution in [3.05, 3.63) is 71.5 Å². The molecule has 0 N–H and O–H groups in total. The summed E-state index contributed by atoms with van der Waals surface area (Å²) in [5, 5.41) is 2.03. The first-order chi connectivity index (χ1) is 14.2. The number of aromatic nitrogens is 1. The van der Waals surface area contributed by atoms with Gasteiger partial charge in [-0.25, -0.2) is 9.37 Å². The van der Waals surface area contributed by atoms with E-state index >= 15 is 0 Å². The highest BCUT2D eigenvalue weighted by atomic mass is 32.1. The molecule has 3 atom stereocenters. The zero-order valence-corrected chi connectivity index (χ0v) is 16.6. The molecule has 2 bridgehead atoms. The van der Waals surface area contributed by atoms with E-state index in [1.54, 1.807) is 17.4 Å². The number of hydrogen-bond donors (Lipinski definition) is 0. The Morgan fingerprint density at radius 3 is 2.86 bits per heavy atom. The number of ether oxygens (including phenoxy) is 1. The number of benzene rings is 1. The van der Waals surface area contributed by atoms with E-state index in [0.29, 0.717) is 12.5 Å². The Morgan fingerprint density at radius 2 is 2.07 bits per heavy atom. The molecule has 1 amide bonds. The van der Waals surface area contributed by atoms with Gasteiger partial charge in [0.2, 0.25) is 5.88 Å². The maximum absolute atomic E-state index is 13.5. The van der Waals surface area contributed by atoms with Crippen molar-refractivity contribution in [3.63, 3.8) is 0 Å². The molecule has 2 unspecified atom stereocenters. The SMILES string of the molecule is O=C(c1ccccc1-c1cccs1)N1C2CC[C@H]1CC2COc1ccc(F)cn1. The number of carbonyl (C=O) groups excluding carboxylic acids is 1. The summed E-state index contributed by atoms with van der Waals surface area (Å²) in [4.78, 5) is 20.7. The van der Waals surface area contributed by atoms with Crippen LogP contribution in [0.5, 0.6) is 5.88 Å². The first kappa shape index (κ1) is 18.3. The van der Waals surface area contributed by atoms with E-state index in [1.165, 1.54) is 6.07 Å². The summed E-state index contributed by atoms with van der Waals surface area (Å²) in [6, 6.07) is 15.3. The number of nitrogens with zero attached hydrogens (tertiary/aromatic N) is 2. The van der Waals surface area contributed by atoms with Gasteiger partial charge in [0.05, 0.1) is 12.8 Å². The maximum Gasteiger partial charge on any atom is 0.255 e. The van der Waals surface area contributed by atoms with Gasteiger partial charge in [-0.3, -0.25) is 4.79 Å². The van der Waals surface area contributed by atoms with Crippen molar-refractivity contribution in [1.29, 1.82) is 0 Å². The Kier molecular flexibility index (Phi) is 4.79. The minimum atomic E-state index is -0.376. The third kappa shape index (κ3) is 3.42. The average Bonchev–Trinajstić information content (AvgIpc) is 3.49. The maximum atomic E-state index is 13.5. The van der Waals surface area contributed by atoms with Crippen molar-refractivity contribution < 1.29 is 13.9 Å². The van der Waals surface area contributed by atoms with Gasteiger partial charge in [0, 0.05) is 40.1 Å². The van der Waals surface area contributed by atoms with Crippen LogP contribution in [0.1, 0.15) is 29.6 Å². The van der Waals surface area contributed by atoms with E-state index < -0.39 is 0 Å². The van der Waals surface area contributed by atoms with Crippen molar-refractivity contribution >= 4 is 17.2 Å². The van der Waals surface area contributed by atoms with Gasteiger partial charge in [0.15, 0.2) is 0 Å². The molecule has 0 radical (unpaired) electrons. The number of halogens is 1. The first-order valence-electron chi connectivity index (χ1n) is 9.90. The lowest BCUT2D eigenvalue weighted by atomic mass is 9.90. The van der Waals surface area contributed by atoms with Crippen LogP contribution in [-0.2, 0) is 0 Å². The predicted molar refractivity (Wildman–Crippen MR) is 111 cm³/mol. The van der Waals surface area contributed by atoms with Crippen LogP contribution in [0, 0.1) is 11.7 Å². The molecule has 2 saturated heterocycles. The molecule has 2 fully saturated rings. The van der Waals surface area contributed by atoms with Crippen LogP contribution < -0.4 is 4.74 Å². The number of pyridine rings is 1. The minimum Gasteiger partial charge on any atom is -0.477 e. The summed E-state index contributed by atoms with van der Waals surface area (Å²) < 4.78 is 18.8. The molecule has 4 heterocycles. The summed E-state index contributed by atoms with van der Waals surface area (Å²) in [6.07, 6.45) is 4.15. The van der Waals surface area contributed by atoms with Crippen LogP contribution in [-0.4, -0.2) is 34.5 Å². The molecule has 0 aliphatic carbocycles. The number of rotatable bonds is 5. The topological polar surface area (TPSA) is 42.4 Å². The largest absolute Gasteiger partial charge is 0.477 e. The Balaban J connectivity index is 1.34. The van der Waals surface area contributed by atoms with Gasteiger partial charge in [-0.2, -0.15) is 0 Å². The molecule has 2 aromatic heterocycles. The van der Waals surface area contributed by atoms with Crippen molar-refractivity contribution in [2.24, 2.45) is 5.92 Å². The van der Waals surface area contributed by atoms with Crippen molar-refractivity contribution in [2.75, 3.05) is 6.61 Å². The van der Waals surface area contributed by atoms with E-state index in [-0.39, 0.29) is 29.7 Å². The second-order valence-corrected chi connectivity index (χ2v) is 8.60. The second-order valence-electron chi connectivity index (χ2n) is 7.66. The molecule has 3 aromatic rings. The van der Waals surface area contributed by atoms with Crippen LogP contribution in [0.4, 0.5) is 4.39 Å². The highest BCUT2D eigenvalue weighted by Crippen LogP contribution is 2.43. The predicted octanol–water partition coefficient (Wildman–Crippen LogP) is 5.02. The molecule has 148 valence electrons. The molecule has 5 rings (SSSR count). The van der Waals surface area contributed by atoms with Crippen molar-refractivity contribution in [1.82, 2.24) is 9.88 Å². The lowest BCUT2D eigenvalue weighted by molar-refractivity contribution is 0.0710. The number of fused-ring (bicyclic) bond motifs is 2. The summed E-state index contributed by atoms with van der Waals surface area (Å²) in [5.74, 6) is 0.441. The molecular weight excluding hydrogens is 387 g/mol. The van der Waals surface area contributed by atoms with Gasteiger partial charge >= 0.3 is 0 Å². The van der Waals surface area contributed by atoms with E-state index in [9.17, 15) is 9.18 Å². The highest BCUT2D eigenvalue weighted by Gasteiger charge is 2.49. The van der Waals surface area contributed by atoms with Gasteiger partial charge in [0.1, 0.15) is 5.82 Å². The van der Waals surface area contributed by atoms with Crippen molar-refractivity contribution in [2.45, 2.75) is 31.3 Å². The fourth-order valence-corrected chi connectivity index (χ4v) is 5.47. The highest BCUT2D eigenvalue weighted by molar-refractivity contribution is 7.13. The lowest BCUT2D eigenvalue weighted by Gasteiger charge is -2.25. The Hall–Kier alpha value is -2.73. The molecule has 4 nitrogen and oxygen atoms in total. The van der Waals surface area contributed by atoms with Crippen LogP contribution in [0.15, 0.2) is 60.1 Å². The van der Waals surface area contributed by atoms with Gasteiger partial charge < -0.3 is 9.64 Å².